The third kappa shape index (κ3) is 2.16. The molecule has 0 radical (unpaired) electrons. The van der Waals surface area contributed by atoms with Crippen molar-refractivity contribution in [3.63, 3.8) is 0 Å². The first kappa shape index (κ1) is 12.4. The Morgan fingerprint density at radius 2 is 2.10 bits per heavy atom. The molecule has 0 saturated carbocycles. The van der Waals surface area contributed by atoms with E-state index in [4.69, 9.17) is 10.5 Å². The molecule has 0 fully saturated rings. The summed E-state index contributed by atoms with van der Waals surface area (Å²) in [6.45, 7) is 2.08. The summed E-state index contributed by atoms with van der Waals surface area (Å²) in [5, 5.41) is 0. The van der Waals surface area contributed by atoms with Crippen molar-refractivity contribution in [2.45, 2.75) is 19.6 Å². The summed E-state index contributed by atoms with van der Waals surface area (Å²) in [5.74, 6) is 0.959. The summed E-state index contributed by atoms with van der Waals surface area (Å²) >= 11 is 0. The maximum atomic E-state index is 12.3. The number of nitrogens with zero attached hydrogens (tertiary/aromatic N) is 3. The number of carbonyl (C=O) groups is 1. The lowest BCUT2D eigenvalue weighted by Crippen LogP contribution is -2.44. The molecule has 0 saturated heterocycles. The molecule has 1 unspecified atom stereocenters. The molecule has 2 heterocycles. The van der Waals surface area contributed by atoms with E-state index in [9.17, 15) is 4.79 Å². The zero-order valence-electron chi connectivity index (χ0n) is 11.0. The van der Waals surface area contributed by atoms with E-state index < -0.39 is 6.10 Å². The van der Waals surface area contributed by atoms with E-state index in [-0.39, 0.29) is 5.91 Å². The van der Waals surface area contributed by atoms with E-state index in [0.717, 1.165) is 5.69 Å². The van der Waals surface area contributed by atoms with E-state index in [0.29, 0.717) is 23.8 Å². The second-order valence-electron chi connectivity index (χ2n) is 4.58. The second-order valence-corrected chi connectivity index (χ2v) is 4.58. The van der Waals surface area contributed by atoms with Gasteiger partial charge in [-0.25, -0.2) is 4.98 Å². The minimum atomic E-state index is -0.508. The first-order valence-electron chi connectivity index (χ1n) is 6.28. The van der Waals surface area contributed by atoms with Crippen LogP contribution in [0.15, 0.2) is 36.7 Å². The normalized spacial score (nSPS) is 17.6. The predicted octanol–water partition coefficient (Wildman–Crippen LogP) is 1.37. The highest BCUT2D eigenvalue weighted by atomic mass is 16.5. The minimum absolute atomic E-state index is 0.0951. The number of amides is 1. The molecular formula is C14H14N4O2. The minimum Gasteiger partial charge on any atom is -0.479 e. The van der Waals surface area contributed by atoms with Crippen LogP contribution in [0.2, 0.25) is 0 Å². The highest BCUT2D eigenvalue weighted by Gasteiger charge is 2.31. The van der Waals surface area contributed by atoms with Gasteiger partial charge in [0.25, 0.3) is 5.91 Å². The summed E-state index contributed by atoms with van der Waals surface area (Å²) in [6, 6.07) is 7.44. The molecule has 1 atom stereocenters. The Morgan fingerprint density at radius 1 is 1.30 bits per heavy atom. The molecule has 2 N–H and O–H groups in total. The molecule has 6 heteroatoms. The number of hydrogen-bond donors (Lipinski definition) is 1. The number of carbonyl (C=O) groups excluding carboxylic acids is 1. The van der Waals surface area contributed by atoms with Crippen LogP contribution in [0, 0.1) is 0 Å². The van der Waals surface area contributed by atoms with E-state index in [1.165, 1.54) is 6.20 Å². The summed E-state index contributed by atoms with van der Waals surface area (Å²) in [5.41, 5.74) is 6.93. The Labute approximate surface area is 116 Å². The molecule has 0 spiro atoms. The van der Waals surface area contributed by atoms with Crippen LogP contribution in [0.4, 0.5) is 11.5 Å². The molecule has 6 nitrogen and oxygen atoms in total. The van der Waals surface area contributed by atoms with Crippen LogP contribution < -0.4 is 15.4 Å². The summed E-state index contributed by atoms with van der Waals surface area (Å²) in [6.07, 6.45) is 2.55. The van der Waals surface area contributed by atoms with Gasteiger partial charge in [-0.15, -0.1) is 0 Å². The summed E-state index contributed by atoms with van der Waals surface area (Å²) in [4.78, 5) is 22.1. The monoisotopic (exact) mass is 270 g/mol. The van der Waals surface area contributed by atoms with E-state index in [1.54, 1.807) is 18.0 Å². The fourth-order valence-electron chi connectivity index (χ4n) is 2.13. The molecule has 20 heavy (non-hydrogen) atoms. The SMILES string of the molecule is CC1Oc2ccccc2N(Cc2cnc(N)cn2)C1=O. The number of fused-ring (bicyclic) bond motifs is 1. The third-order valence-electron chi connectivity index (χ3n) is 3.12. The predicted molar refractivity (Wildman–Crippen MR) is 74.2 cm³/mol. The number of nitrogens with two attached hydrogens (primary N) is 1. The van der Waals surface area contributed by atoms with Gasteiger partial charge in [0.1, 0.15) is 11.6 Å². The van der Waals surface area contributed by atoms with Crippen molar-refractivity contribution >= 4 is 17.4 Å². The number of ether oxygens (including phenoxy) is 1. The van der Waals surface area contributed by atoms with Gasteiger partial charge in [0.15, 0.2) is 6.10 Å². The Balaban J connectivity index is 1.95. The molecule has 1 amide bonds. The van der Waals surface area contributed by atoms with Crippen LogP contribution >= 0.6 is 0 Å². The van der Waals surface area contributed by atoms with Gasteiger partial charge in [-0.3, -0.25) is 14.7 Å². The molecule has 3 rings (SSSR count). The van der Waals surface area contributed by atoms with Crippen LogP contribution in [-0.4, -0.2) is 22.0 Å². The second kappa shape index (κ2) is 4.80. The number of para-hydroxylation sites is 2. The molecule has 1 aromatic carbocycles. The van der Waals surface area contributed by atoms with Crippen molar-refractivity contribution in [1.29, 1.82) is 0 Å². The largest absolute Gasteiger partial charge is 0.479 e. The Hall–Kier alpha value is -2.63. The average molecular weight is 270 g/mol. The number of rotatable bonds is 2. The maximum Gasteiger partial charge on any atom is 0.268 e. The van der Waals surface area contributed by atoms with Crippen molar-refractivity contribution in [2.24, 2.45) is 0 Å². The van der Waals surface area contributed by atoms with Crippen LogP contribution in [0.3, 0.4) is 0 Å². The highest BCUT2D eigenvalue weighted by molar-refractivity contribution is 5.99. The number of nitrogen functional groups attached to an aromatic ring is 1. The standard InChI is InChI=1S/C14H14N4O2/c1-9-14(19)18(8-10-6-17-13(15)7-16-10)11-4-2-3-5-12(11)20-9/h2-7,9H,8H2,1H3,(H2,15,17). The molecule has 0 aliphatic carbocycles. The zero-order chi connectivity index (χ0) is 14.1. The van der Waals surface area contributed by atoms with Crippen molar-refractivity contribution in [1.82, 2.24) is 9.97 Å². The fourth-order valence-corrected chi connectivity index (χ4v) is 2.13. The van der Waals surface area contributed by atoms with Gasteiger partial charge in [-0.2, -0.15) is 0 Å². The fraction of sp³-hybridized carbons (Fsp3) is 0.214. The number of aromatic nitrogens is 2. The van der Waals surface area contributed by atoms with Crippen LogP contribution in [0.5, 0.6) is 5.75 Å². The van der Waals surface area contributed by atoms with Crippen LogP contribution in [0.1, 0.15) is 12.6 Å². The van der Waals surface area contributed by atoms with E-state index in [2.05, 4.69) is 9.97 Å². The summed E-state index contributed by atoms with van der Waals surface area (Å²) in [7, 11) is 0. The number of anilines is 2. The lowest BCUT2D eigenvalue weighted by Gasteiger charge is -2.32. The summed E-state index contributed by atoms with van der Waals surface area (Å²) < 4.78 is 5.58. The smallest absolute Gasteiger partial charge is 0.268 e. The Bertz CT molecular complexity index is 642. The Kier molecular flexibility index (Phi) is 2.98. The van der Waals surface area contributed by atoms with Crippen LogP contribution in [0.25, 0.3) is 0 Å². The maximum absolute atomic E-state index is 12.3. The molecule has 102 valence electrons. The van der Waals surface area contributed by atoms with Crippen molar-refractivity contribution in [3.8, 4) is 5.75 Å². The van der Waals surface area contributed by atoms with Crippen molar-refractivity contribution in [3.05, 3.63) is 42.4 Å². The third-order valence-corrected chi connectivity index (χ3v) is 3.12. The average Bonchev–Trinajstić information content (AvgIpc) is 2.46. The van der Waals surface area contributed by atoms with Crippen LogP contribution in [-0.2, 0) is 11.3 Å². The molecule has 1 aromatic heterocycles. The van der Waals surface area contributed by atoms with Gasteiger partial charge in [-0.1, -0.05) is 12.1 Å². The van der Waals surface area contributed by atoms with Gasteiger partial charge in [0.2, 0.25) is 0 Å². The zero-order valence-corrected chi connectivity index (χ0v) is 11.0. The van der Waals surface area contributed by atoms with Gasteiger partial charge in [0, 0.05) is 0 Å². The molecule has 0 bridgehead atoms. The topological polar surface area (TPSA) is 81.3 Å². The first-order valence-corrected chi connectivity index (χ1v) is 6.28. The molecule has 2 aromatic rings. The number of benzene rings is 1. The van der Waals surface area contributed by atoms with E-state index >= 15 is 0 Å². The lowest BCUT2D eigenvalue weighted by molar-refractivity contribution is -0.125. The van der Waals surface area contributed by atoms with Gasteiger partial charge in [-0.05, 0) is 19.1 Å². The van der Waals surface area contributed by atoms with Gasteiger partial charge >= 0.3 is 0 Å². The molecular weight excluding hydrogens is 256 g/mol. The highest BCUT2D eigenvalue weighted by Crippen LogP contribution is 2.34. The molecule has 1 aliphatic heterocycles. The lowest BCUT2D eigenvalue weighted by atomic mass is 10.2. The number of hydrogen-bond acceptors (Lipinski definition) is 5. The van der Waals surface area contributed by atoms with E-state index in [1.807, 2.05) is 24.3 Å². The van der Waals surface area contributed by atoms with Gasteiger partial charge < -0.3 is 10.5 Å². The Morgan fingerprint density at radius 3 is 2.85 bits per heavy atom. The van der Waals surface area contributed by atoms with Gasteiger partial charge in [0.05, 0.1) is 30.3 Å². The molecule has 1 aliphatic rings. The van der Waals surface area contributed by atoms with Crippen molar-refractivity contribution in [2.75, 3.05) is 10.6 Å². The van der Waals surface area contributed by atoms with Crippen molar-refractivity contribution < 1.29 is 9.53 Å². The first-order chi connectivity index (χ1) is 9.65. The quantitative estimate of drug-likeness (QED) is 0.891.